The molecule has 0 aliphatic carbocycles. The second kappa shape index (κ2) is 17.2. The number of rotatable bonds is 13. The number of aliphatic imine (C=N–C) groups is 1. The van der Waals surface area contributed by atoms with Gasteiger partial charge in [0.2, 0.25) is 0 Å². The van der Waals surface area contributed by atoms with Gasteiger partial charge in [-0.2, -0.15) is 0 Å². The molecule has 0 bridgehead atoms. The van der Waals surface area contributed by atoms with Crippen LogP contribution < -0.4 is 20.1 Å². The number of benzene rings is 1. The Balaban J connectivity index is 0.00000512. The summed E-state index contributed by atoms with van der Waals surface area (Å²) < 4.78 is 11.4. The van der Waals surface area contributed by atoms with E-state index >= 15 is 0 Å². The van der Waals surface area contributed by atoms with Crippen LogP contribution in [-0.4, -0.2) is 88.4 Å². The third-order valence-corrected chi connectivity index (χ3v) is 5.41. The first-order chi connectivity index (χ1) is 15.2. The van der Waals surface area contributed by atoms with E-state index in [0.29, 0.717) is 13.2 Å². The minimum Gasteiger partial charge on any atom is -0.490 e. The number of hydrogen-bond donors (Lipinski definition) is 2. The summed E-state index contributed by atoms with van der Waals surface area (Å²) in [6.45, 7) is 15.9. The number of piperazine rings is 1. The molecule has 0 aromatic heterocycles. The quantitative estimate of drug-likeness (QED) is 0.167. The minimum atomic E-state index is 0. The van der Waals surface area contributed by atoms with Gasteiger partial charge in [-0.15, -0.1) is 24.0 Å². The van der Waals surface area contributed by atoms with Crippen molar-refractivity contribution in [1.82, 2.24) is 20.4 Å². The lowest BCUT2D eigenvalue weighted by atomic mass is 10.1. The maximum absolute atomic E-state index is 5.73. The van der Waals surface area contributed by atoms with Crippen molar-refractivity contribution in [2.45, 2.75) is 40.0 Å². The second-order valence-electron chi connectivity index (χ2n) is 7.94. The first kappa shape index (κ1) is 28.8. The van der Waals surface area contributed by atoms with Crippen LogP contribution in [0.1, 0.15) is 39.2 Å². The number of nitrogens with zero attached hydrogens (tertiary/aromatic N) is 3. The molecule has 0 unspecified atom stereocenters. The van der Waals surface area contributed by atoms with E-state index in [9.17, 15) is 0 Å². The highest BCUT2D eigenvalue weighted by molar-refractivity contribution is 14.0. The molecule has 1 heterocycles. The molecule has 2 N–H and O–H groups in total. The average Bonchev–Trinajstić information content (AvgIpc) is 2.77. The van der Waals surface area contributed by atoms with Gasteiger partial charge in [-0.25, -0.2) is 0 Å². The van der Waals surface area contributed by atoms with E-state index in [-0.39, 0.29) is 24.0 Å². The van der Waals surface area contributed by atoms with E-state index in [4.69, 9.17) is 14.5 Å². The molecule has 1 fully saturated rings. The van der Waals surface area contributed by atoms with Crippen molar-refractivity contribution < 1.29 is 9.47 Å². The Kier molecular flexibility index (Phi) is 15.5. The molecular weight excluding hydrogens is 517 g/mol. The van der Waals surface area contributed by atoms with Crippen molar-refractivity contribution in [2.75, 3.05) is 72.6 Å². The third kappa shape index (κ3) is 11.0. The second-order valence-corrected chi connectivity index (χ2v) is 7.94. The lowest BCUT2D eigenvalue weighted by molar-refractivity contribution is 0.152. The zero-order valence-corrected chi connectivity index (χ0v) is 22.8. The Labute approximate surface area is 212 Å². The van der Waals surface area contributed by atoms with E-state index in [1.54, 1.807) is 0 Å². The van der Waals surface area contributed by atoms with Crippen LogP contribution in [0.25, 0.3) is 0 Å². The molecule has 1 aromatic rings. The molecule has 1 aliphatic heterocycles. The largest absolute Gasteiger partial charge is 0.490 e. The highest BCUT2D eigenvalue weighted by Crippen LogP contribution is 2.28. The van der Waals surface area contributed by atoms with Crippen molar-refractivity contribution in [3.05, 3.63) is 23.8 Å². The number of likely N-dealkylation sites (N-methyl/N-ethyl adjacent to an activating group) is 1. The van der Waals surface area contributed by atoms with Crippen LogP contribution in [-0.2, 0) is 6.42 Å². The zero-order valence-electron chi connectivity index (χ0n) is 20.5. The molecule has 0 spiro atoms. The maximum atomic E-state index is 5.73. The van der Waals surface area contributed by atoms with Crippen molar-refractivity contribution in [1.29, 1.82) is 0 Å². The van der Waals surface area contributed by atoms with Gasteiger partial charge in [-0.05, 0) is 71.3 Å². The highest BCUT2D eigenvalue weighted by Gasteiger charge is 2.12. The van der Waals surface area contributed by atoms with E-state index < -0.39 is 0 Å². The molecule has 8 heteroatoms. The zero-order chi connectivity index (χ0) is 22.3. The maximum Gasteiger partial charge on any atom is 0.191 e. The molecule has 0 amide bonds. The van der Waals surface area contributed by atoms with E-state index in [2.05, 4.69) is 46.5 Å². The first-order valence-electron chi connectivity index (χ1n) is 12.0. The molecule has 32 heavy (non-hydrogen) atoms. The number of hydrogen-bond acceptors (Lipinski definition) is 5. The molecule has 184 valence electrons. The number of guanidine groups is 1. The SMILES string of the molecule is CCNC(=NCCCCN1CCN(C)CC1)NCCc1ccc(OCC)c(OCC)c1.I. The van der Waals surface area contributed by atoms with Crippen molar-refractivity contribution in [2.24, 2.45) is 4.99 Å². The van der Waals surface area contributed by atoms with E-state index in [1.807, 2.05) is 19.9 Å². The van der Waals surface area contributed by atoms with Crippen LogP contribution in [0, 0.1) is 0 Å². The third-order valence-electron chi connectivity index (χ3n) is 5.41. The Morgan fingerprint density at radius 2 is 1.69 bits per heavy atom. The molecule has 1 aliphatic rings. The lowest BCUT2D eigenvalue weighted by Crippen LogP contribution is -2.44. The molecule has 2 rings (SSSR count). The van der Waals surface area contributed by atoms with Crippen molar-refractivity contribution in [3.8, 4) is 11.5 Å². The fraction of sp³-hybridized carbons (Fsp3) is 0.708. The summed E-state index contributed by atoms with van der Waals surface area (Å²) >= 11 is 0. The summed E-state index contributed by atoms with van der Waals surface area (Å²) in [4.78, 5) is 9.72. The fourth-order valence-corrected chi connectivity index (χ4v) is 3.63. The summed E-state index contributed by atoms with van der Waals surface area (Å²) in [5.74, 6) is 2.54. The highest BCUT2D eigenvalue weighted by atomic mass is 127. The van der Waals surface area contributed by atoms with Gasteiger partial charge in [0, 0.05) is 45.8 Å². The number of halogens is 1. The predicted octanol–water partition coefficient (Wildman–Crippen LogP) is 3.23. The summed E-state index contributed by atoms with van der Waals surface area (Å²) in [7, 11) is 2.20. The van der Waals surface area contributed by atoms with Gasteiger partial charge in [0.25, 0.3) is 0 Å². The minimum absolute atomic E-state index is 0. The van der Waals surface area contributed by atoms with Crippen molar-refractivity contribution in [3.63, 3.8) is 0 Å². The van der Waals surface area contributed by atoms with Gasteiger partial charge < -0.3 is 29.9 Å². The van der Waals surface area contributed by atoms with Crippen molar-refractivity contribution >= 4 is 29.9 Å². The lowest BCUT2D eigenvalue weighted by Gasteiger charge is -2.32. The van der Waals surface area contributed by atoms with Crippen LogP contribution >= 0.6 is 24.0 Å². The molecule has 1 aromatic carbocycles. The fourth-order valence-electron chi connectivity index (χ4n) is 3.63. The van der Waals surface area contributed by atoms with Crippen LogP contribution in [0.15, 0.2) is 23.2 Å². The van der Waals surface area contributed by atoms with Gasteiger partial charge in [0.05, 0.1) is 13.2 Å². The number of ether oxygens (including phenoxy) is 2. The predicted molar refractivity (Wildman–Crippen MR) is 145 cm³/mol. The molecule has 7 nitrogen and oxygen atoms in total. The van der Waals surface area contributed by atoms with E-state index in [0.717, 1.165) is 49.9 Å². The van der Waals surface area contributed by atoms with Crippen LogP contribution in [0.2, 0.25) is 0 Å². The van der Waals surface area contributed by atoms with E-state index in [1.165, 1.54) is 44.7 Å². The van der Waals surface area contributed by atoms with Gasteiger partial charge in [0.15, 0.2) is 17.5 Å². The standard InChI is InChI=1S/C24H43N5O2.HI/c1-5-25-24(26-13-8-9-15-29-18-16-28(4)17-19-29)27-14-12-21-10-11-22(30-6-2)23(20-21)31-7-3;/h10-11,20H,5-9,12-19H2,1-4H3,(H2,25,26,27);1H. The van der Waals surface area contributed by atoms with Crippen LogP contribution in [0.5, 0.6) is 11.5 Å². The van der Waals surface area contributed by atoms with Gasteiger partial charge >= 0.3 is 0 Å². The number of nitrogens with one attached hydrogen (secondary N) is 2. The Hall–Kier alpha value is -1.26. The summed E-state index contributed by atoms with van der Waals surface area (Å²) in [5.41, 5.74) is 1.22. The van der Waals surface area contributed by atoms with Gasteiger partial charge in [-0.1, -0.05) is 6.07 Å². The topological polar surface area (TPSA) is 61.4 Å². The normalized spacial score (nSPS) is 15.2. The summed E-state index contributed by atoms with van der Waals surface area (Å²) in [6.07, 6.45) is 3.23. The molecular formula is C24H44IN5O2. The van der Waals surface area contributed by atoms with Gasteiger partial charge in [-0.3, -0.25) is 4.99 Å². The molecule has 0 saturated carbocycles. The Bertz CT molecular complexity index is 651. The molecule has 1 saturated heterocycles. The monoisotopic (exact) mass is 561 g/mol. The smallest absolute Gasteiger partial charge is 0.191 e. The molecule has 0 atom stereocenters. The number of unbranched alkanes of at least 4 members (excludes halogenated alkanes) is 1. The Morgan fingerprint density at radius 3 is 2.38 bits per heavy atom. The average molecular weight is 562 g/mol. The molecule has 0 radical (unpaired) electrons. The van der Waals surface area contributed by atoms with Gasteiger partial charge in [0.1, 0.15) is 0 Å². The summed E-state index contributed by atoms with van der Waals surface area (Å²) in [5, 5.41) is 6.81. The van der Waals surface area contributed by atoms with Crippen LogP contribution in [0.3, 0.4) is 0 Å². The van der Waals surface area contributed by atoms with Crippen LogP contribution in [0.4, 0.5) is 0 Å². The Morgan fingerprint density at radius 1 is 0.969 bits per heavy atom. The summed E-state index contributed by atoms with van der Waals surface area (Å²) in [6, 6.07) is 6.19. The first-order valence-corrected chi connectivity index (χ1v) is 12.0.